The molecule has 0 aliphatic carbocycles. The Hall–Kier alpha value is -1.58. The molecule has 1 N–H and O–H groups in total. The van der Waals surface area contributed by atoms with E-state index in [9.17, 15) is 15.2 Å². The minimum absolute atomic E-state index is 0.184. The fourth-order valence-corrected chi connectivity index (χ4v) is 4.81. The fraction of sp³-hybridized carbons (Fsp3) is 0.800. The van der Waals surface area contributed by atoms with Gasteiger partial charge in [-0.3, -0.25) is 10.1 Å². The lowest BCUT2D eigenvalue weighted by Crippen LogP contribution is -1.92. The van der Waals surface area contributed by atoms with E-state index in [1.807, 2.05) is 0 Å². The number of aromatic hydroxyl groups is 1. The topological polar surface area (TPSA) is 63.4 Å². The number of phenolic OH excluding ortho intramolecular Hbond substituents is 1. The molecule has 1 aromatic rings. The highest BCUT2D eigenvalue weighted by molar-refractivity contribution is 5.47. The van der Waals surface area contributed by atoms with E-state index in [0.29, 0.717) is 0 Å². The molecule has 0 radical (unpaired) electrons. The number of benzene rings is 1. The quantitative estimate of drug-likeness (QED) is 0.0918. The molecule has 0 aliphatic heterocycles. The number of unbranched alkanes of at least 4 members (excludes halogenated alkanes) is 21. The van der Waals surface area contributed by atoms with Gasteiger partial charge in [0, 0.05) is 6.07 Å². The van der Waals surface area contributed by atoms with Crippen molar-refractivity contribution in [2.75, 3.05) is 0 Å². The monoisotopic (exact) mass is 475 g/mol. The lowest BCUT2D eigenvalue weighted by atomic mass is 10.0. The van der Waals surface area contributed by atoms with Crippen LogP contribution in [0.1, 0.15) is 154 Å². The molecule has 196 valence electrons. The van der Waals surface area contributed by atoms with Crippen molar-refractivity contribution in [2.45, 2.75) is 155 Å². The fourth-order valence-electron chi connectivity index (χ4n) is 4.81. The van der Waals surface area contributed by atoms with E-state index in [4.69, 9.17) is 0 Å². The highest BCUT2D eigenvalue weighted by Gasteiger charge is 2.13. The summed E-state index contributed by atoms with van der Waals surface area (Å²) in [5.41, 5.74) is 0.758. The minimum Gasteiger partial charge on any atom is -0.502 e. The first-order valence-corrected chi connectivity index (χ1v) is 14.6. The zero-order valence-corrected chi connectivity index (χ0v) is 22.2. The molecule has 0 aromatic heterocycles. The van der Waals surface area contributed by atoms with Gasteiger partial charge in [-0.15, -0.1) is 0 Å². The van der Waals surface area contributed by atoms with E-state index in [-0.39, 0.29) is 11.4 Å². The Morgan fingerprint density at radius 2 is 0.971 bits per heavy atom. The highest BCUT2D eigenvalue weighted by Crippen LogP contribution is 2.27. The molecule has 0 heterocycles. The predicted molar refractivity (Wildman–Crippen MR) is 146 cm³/mol. The molecule has 0 atom stereocenters. The number of hydrogen-bond donors (Lipinski definition) is 1. The Kier molecular flexibility index (Phi) is 19.6. The van der Waals surface area contributed by atoms with Crippen molar-refractivity contribution < 1.29 is 10.0 Å². The summed E-state index contributed by atoms with van der Waals surface area (Å²) < 4.78 is 0. The molecule has 1 aromatic carbocycles. The molecule has 34 heavy (non-hydrogen) atoms. The van der Waals surface area contributed by atoms with Gasteiger partial charge in [-0.1, -0.05) is 148 Å². The first kappa shape index (κ1) is 30.5. The van der Waals surface area contributed by atoms with Gasteiger partial charge in [0.2, 0.25) is 0 Å². The SMILES string of the molecule is CCCCCCCCCCCCCCCCCCCCCCCCc1ccc(O)c([N+](=O)[O-])c1. The zero-order chi connectivity index (χ0) is 24.7. The van der Waals surface area contributed by atoms with Crippen molar-refractivity contribution in [3.8, 4) is 5.75 Å². The molecule has 4 nitrogen and oxygen atoms in total. The van der Waals surface area contributed by atoms with Crippen LogP contribution in [0.4, 0.5) is 5.69 Å². The number of nitrogens with zero attached hydrogens (tertiary/aromatic N) is 1. The molecular formula is C30H53NO3. The molecule has 0 amide bonds. The van der Waals surface area contributed by atoms with E-state index in [1.54, 1.807) is 6.07 Å². The number of nitro groups is 1. The third-order valence-corrected chi connectivity index (χ3v) is 7.06. The summed E-state index contributed by atoms with van der Waals surface area (Å²) in [4.78, 5) is 10.4. The van der Waals surface area contributed by atoms with Crippen LogP contribution < -0.4 is 0 Å². The van der Waals surface area contributed by atoms with Gasteiger partial charge in [0.1, 0.15) is 0 Å². The van der Waals surface area contributed by atoms with Crippen LogP contribution in [0, 0.1) is 10.1 Å². The molecular weight excluding hydrogens is 422 g/mol. The van der Waals surface area contributed by atoms with Gasteiger partial charge in [-0.25, -0.2) is 0 Å². The van der Waals surface area contributed by atoms with Crippen LogP contribution in [0.25, 0.3) is 0 Å². The van der Waals surface area contributed by atoms with Crippen molar-refractivity contribution >= 4 is 5.69 Å². The van der Waals surface area contributed by atoms with E-state index in [0.717, 1.165) is 18.4 Å². The van der Waals surface area contributed by atoms with Crippen molar-refractivity contribution in [1.29, 1.82) is 0 Å². The Bertz CT molecular complexity index is 617. The standard InChI is InChI=1S/C30H53NO3/c1-2-3-4-5-6-7-8-9-10-11-12-13-14-15-16-17-18-19-20-21-22-23-24-28-25-26-30(32)29(27-28)31(33)34/h25-27,32H,2-24H2,1H3. The second-order valence-corrected chi connectivity index (χ2v) is 10.3. The summed E-state index contributed by atoms with van der Waals surface area (Å²) in [6, 6.07) is 4.73. The maximum atomic E-state index is 10.9. The Morgan fingerprint density at radius 1 is 0.618 bits per heavy atom. The number of nitro benzene ring substituents is 1. The number of hydrogen-bond acceptors (Lipinski definition) is 3. The summed E-state index contributed by atoms with van der Waals surface area (Å²) in [6.45, 7) is 2.29. The largest absolute Gasteiger partial charge is 0.502 e. The maximum absolute atomic E-state index is 10.9. The average Bonchev–Trinajstić information content (AvgIpc) is 2.83. The lowest BCUT2D eigenvalue weighted by molar-refractivity contribution is -0.385. The molecule has 0 saturated heterocycles. The molecule has 0 unspecified atom stereocenters. The van der Waals surface area contributed by atoms with E-state index in [2.05, 4.69) is 6.92 Å². The number of phenols is 1. The normalized spacial score (nSPS) is 11.2. The van der Waals surface area contributed by atoms with Crippen molar-refractivity contribution in [3.05, 3.63) is 33.9 Å². The van der Waals surface area contributed by atoms with Crippen LogP contribution in [-0.2, 0) is 6.42 Å². The molecule has 0 fully saturated rings. The molecule has 0 saturated carbocycles. The molecule has 0 bridgehead atoms. The minimum atomic E-state index is -0.516. The zero-order valence-electron chi connectivity index (χ0n) is 22.2. The van der Waals surface area contributed by atoms with E-state index in [1.165, 1.54) is 147 Å². The average molecular weight is 476 g/mol. The second kappa shape index (κ2) is 21.9. The Morgan fingerprint density at radius 3 is 1.32 bits per heavy atom. The third-order valence-electron chi connectivity index (χ3n) is 7.06. The van der Waals surface area contributed by atoms with Crippen molar-refractivity contribution in [1.82, 2.24) is 0 Å². The van der Waals surface area contributed by atoms with Crippen molar-refractivity contribution in [3.63, 3.8) is 0 Å². The van der Waals surface area contributed by atoms with Gasteiger partial charge >= 0.3 is 5.69 Å². The maximum Gasteiger partial charge on any atom is 0.310 e. The van der Waals surface area contributed by atoms with Crippen LogP contribution in [0.5, 0.6) is 5.75 Å². The summed E-state index contributed by atoms with van der Waals surface area (Å²) in [7, 11) is 0. The Balaban J connectivity index is 1.78. The highest BCUT2D eigenvalue weighted by atomic mass is 16.6. The van der Waals surface area contributed by atoms with Crippen LogP contribution in [0.2, 0.25) is 0 Å². The first-order chi connectivity index (χ1) is 16.6. The molecule has 4 heteroatoms. The van der Waals surface area contributed by atoms with E-state index < -0.39 is 4.92 Å². The van der Waals surface area contributed by atoms with Gasteiger partial charge in [-0.2, -0.15) is 0 Å². The van der Waals surface area contributed by atoms with Crippen LogP contribution in [0.15, 0.2) is 18.2 Å². The first-order valence-electron chi connectivity index (χ1n) is 14.6. The summed E-state index contributed by atoms with van der Waals surface area (Å²) >= 11 is 0. The van der Waals surface area contributed by atoms with Gasteiger partial charge in [0.25, 0.3) is 0 Å². The third kappa shape index (κ3) is 16.9. The van der Waals surface area contributed by atoms with Gasteiger partial charge in [-0.05, 0) is 24.5 Å². The predicted octanol–water partition coefficient (Wildman–Crippen LogP) is 10.4. The number of rotatable bonds is 24. The van der Waals surface area contributed by atoms with E-state index >= 15 is 0 Å². The molecule has 0 aliphatic rings. The van der Waals surface area contributed by atoms with Gasteiger partial charge in [0.15, 0.2) is 5.75 Å². The van der Waals surface area contributed by atoms with Gasteiger partial charge in [0.05, 0.1) is 4.92 Å². The number of aryl methyl sites for hydroxylation is 1. The Labute approximate surface area is 210 Å². The smallest absolute Gasteiger partial charge is 0.310 e. The van der Waals surface area contributed by atoms with Crippen LogP contribution in [0.3, 0.4) is 0 Å². The summed E-state index contributed by atoms with van der Waals surface area (Å²) in [6.07, 6.45) is 31.2. The summed E-state index contributed by atoms with van der Waals surface area (Å²) in [5.74, 6) is -0.247. The molecule has 1 rings (SSSR count). The van der Waals surface area contributed by atoms with Crippen LogP contribution in [-0.4, -0.2) is 10.0 Å². The van der Waals surface area contributed by atoms with Crippen molar-refractivity contribution in [2.24, 2.45) is 0 Å². The van der Waals surface area contributed by atoms with Gasteiger partial charge < -0.3 is 5.11 Å². The molecule has 0 spiro atoms. The van der Waals surface area contributed by atoms with Crippen LogP contribution >= 0.6 is 0 Å². The summed E-state index contributed by atoms with van der Waals surface area (Å²) in [5, 5.41) is 20.4. The second-order valence-electron chi connectivity index (χ2n) is 10.3. The lowest BCUT2D eigenvalue weighted by Gasteiger charge is -2.05.